The van der Waals surface area contributed by atoms with Crippen molar-refractivity contribution in [1.82, 2.24) is 10.2 Å². The molecule has 0 saturated carbocycles. The van der Waals surface area contributed by atoms with Gasteiger partial charge in [0.2, 0.25) is 0 Å². The number of hydrogen-bond donors (Lipinski definition) is 1. The molecule has 1 aliphatic heterocycles. The van der Waals surface area contributed by atoms with Crippen LogP contribution < -0.4 is 5.32 Å². The van der Waals surface area contributed by atoms with E-state index in [9.17, 15) is 8.78 Å². The number of rotatable bonds is 4. The second-order valence-electron chi connectivity index (χ2n) is 6.02. The minimum absolute atomic E-state index is 0. The summed E-state index contributed by atoms with van der Waals surface area (Å²) in [6.45, 7) is 9.33. The summed E-state index contributed by atoms with van der Waals surface area (Å²) < 4.78 is 28.6. The second-order valence-corrected chi connectivity index (χ2v) is 6.02. The number of nitrogens with zero attached hydrogens (tertiary/aromatic N) is 1. The Labute approximate surface area is 144 Å². The Morgan fingerprint density at radius 1 is 1.14 bits per heavy atom. The lowest BCUT2D eigenvalue weighted by Crippen LogP contribution is -2.45. The van der Waals surface area contributed by atoms with Crippen molar-refractivity contribution < 1.29 is 8.78 Å². The summed E-state index contributed by atoms with van der Waals surface area (Å²) in [5.74, 6) is -0.402. The van der Waals surface area contributed by atoms with E-state index in [0.29, 0.717) is 11.5 Å². The van der Waals surface area contributed by atoms with Crippen LogP contribution in [0.25, 0.3) is 0 Å². The summed E-state index contributed by atoms with van der Waals surface area (Å²) in [5.41, 5.74) is 0.769. The third kappa shape index (κ3) is 5.05. The molecule has 1 fully saturated rings. The molecule has 6 heteroatoms. The van der Waals surface area contributed by atoms with Crippen molar-refractivity contribution in [3.8, 4) is 0 Å². The number of piperazine rings is 1. The smallest absolute Gasteiger partial charge is 0.133 e. The minimum atomic E-state index is -0.419. The minimum Gasteiger partial charge on any atom is -0.314 e. The van der Waals surface area contributed by atoms with Gasteiger partial charge in [0.1, 0.15) is 11.6 Å². The van der Waals surface area contributed by atoms with Gasteiger partial charge in [-0.1, -0.05) is 19.9 Å². The predicted octanol–water partition coefficient (Wildman–Crippen LogP) is 4.11. The molecule has 0 aliphatic carbocycles. The first-order valence-electron chi connectivity index (χ1n) is 7.40. The zero-order valence-electron chi connectivity index (χ0n) is 13.4. The molecule has 0 unspecified atom stereocenters. The Kier molecular flexibility index (Phi) is 9.47. The first-order chi connectivity index (χ1) is 9.50. The number of halogens is 4. The highest BCUT2D eigenvalue weighted by Gasteiger charge is 2.28. The van der Waals surface area contributed by atoms with E-state index in [4.69, 9.17) is 0 Å². The van der Waals surface area contributed by atoms with Gasteiger partial charge in [-0.2, -0.15) is 0 Å². The average molecular weight is 355 g/mol. The molecule has 1 atom stereocenters. The standard InChI is InChI=1S/C16H24F2N2.2ClH/c1-11(2)10-14(20-8-6-19-7-9-20)15-13(17)5-4-12(3)16(15)18;;/h4-5,11,14,19H,6-10H2,1-3H3;2*1H/t14-;;/m0../s1. The Morgan fingerprint density at radius 2 is 1.73 bits per heavy atom. The van der Waals surface area contributed by atoms with Gasteiger partial charge in [0.05, 0.1) is 0 Å². The molecular formula is C16H26Cl2F2N2. The zero-order valence-corrected chi connectivity index (χ0v) is 15.0. The molecule has 1 N–H and O–H groups in total. The molecule has 1 aromatic rings. The molecule has 1 aromatic carbocycles. The topological polar surface area (TPSA) is 15.3 Å². The van der Waals surface area contributed by atoms with Crippen molar-refractivity contribution >= 4 is 24.8 Å². The maximum absolute atomic E-state index is 14.4. The summed E-state index contributed by atoms with van der Waals surface area (Å²) in [7, 11) is 0. The molecule has 1 aliphatic rings. The summed E-state index contributed by atoms with van der Waals surface area (Å²) in [5, 5.41) is 3.29. The van der Waals surface area contributed by atoms with Gasteiger partial charge in [0, 0.05) is 37.8 Å². The molecule has 0 amide bonds. The van der Waals surface area contributed by atoms with E-state index in [-0.39, 0.29) is 42.2 Å². The molecule has 1 saturated heterocycles. The van der Waals surface area contributed by atoms with Crippen LogP contribution in [0.5, 0.6) is 0 Å². The van der Waals surface area contributed by atoms with Gasteiger partial charge in [-0.3, -0.25) is 4.90 Å². The van der Waals surface area contributed by atoms with Gasteiger partial charge in [-0.05, 0) is 30.9 Å². The van der Waals surface area contributed by atoms with Crippen molar-refractivity contribution in [2.75, 3.05) is 26.2 Å². The van der Waals surface area contributed by atoms with Crippen LogP contribution in [0.2, 0.25) is 0 Å². The zero-order chi connectivity index (χ0) is 14.7. The molecule has 1 heterocycles. The maximum Gasteiger partial charge on any atom is 0.133 e. The summed E-state index contributed by atoms with van der Waals surface area (Å²) in [6, 6.07) is 2.73. The number of aryl methyl sites for hydroxylation is 1. The highest BCUT2D eigenvalue weighted by molar-refractivity contribution is 5.85. The Balaban J connectivity index is 0.00000220. The van der Waals surface area contributed by atoms with Crippen LogP contribution in [0.15, 0.2) is 12.1 Å². The molecule has 0 radical (unpaired) electrons. The van der Waals surface area contributed by atoms with Crippen LogP contribution in [0.4, 0.5) is 8.78 Å². The SMILES string of the molecule is Cc1ccc(F)c([C@H](CC(C)C)N2CCNCC2)c1F.Cl.Cl. The maximum atomic E-state index is 14.4. The largest absolute Gasteiger partial charge is 0.314 e. The van der Waals surface area contributed by atoms with E-state index in [1.165, 1.54) is 12.1 Å². The number of benzene rings is 1. The predicted molar refractivity (Wildman–Crippen MR) is 92.2 cm³/mol. The third-order valence-electron chi connectivity index (χ3n) is 3.94. The van der Waals surface area contributed by atoms with Gasteiger partial charge < -0.3 is 5.32 Å². The fourth-order valence-electron chi connectivity index (χ4n) is 2.87. The molecule has 0 spiro atoms. The lowest BCUT2D eigenvalue weighted by molar-refractivity contribution is 0.147. The van der Waals surface area contributed by atoms with Crippen LogP contribution in [-0.2, 0) is 0 Å². The fraction of sp³-hybridized carbons (Fsp3) is 0.625. The van der Waals surface area contributed by atoms with Gasteiger partial charge in [-0.25, -0.2) is 8.78 Å². The molecule has 0 bridgehead atoms. The van der Waals surface area contributed by atoms with Crippen molar-refractivity contribution in [1.29, 1.82) is 0 Å². The molecule has 2 rings (SSSR count). The van der Waals surface area contributed by atoms with Crippen LogP contribution in [0, 0.1) is 24.5 Å². The Bertz CT molecular complexity index is 464. The lowest BCUT2D eigenvalue weighted by Gasteiger charge is -2.36. The lowest BCUT2D eigenvalue weighted by atomic mass is 9.93. The highest BCUT2D eigenvalue weighted by Crippen LogP contribution is 2.32. The first kappa shape index (κ1) is 21.6. The van der Waals surface area contributed by atoms with Crippen LogP contribution in [-0.4, -0.2) is 31.1 Å². The van der Waals surface area contributed by atoms with E-state index in [2.05, 4.69) is 24.1 Å². The van der Waals surface area contributed by atoms with E-state index in [1.807, 2.05) is 0 Å². The Hall–Kier alpha value is -0.420. The quantitative estimate of drug-likeness (QED) is 0.875. The summed E-state index contributed by atoms with van der Waals surface area (Å²) in [6.07, 6.45) is 0.775. The van der Waals surface area contributed by atoms with E-state index in [1.54, 1.807) is 6.92 Å². The summed E-state index contributed by atoms with van der Waals surface area (Å²) >= 11 is 0. The molecule has 0 aromatic heterocycles. The van der Waals surface area contributed by atoms with Gasteiger partial charge in [0.15, 0.2) is 0 Å². The molecule has 22 heavy (non-hydrogen) atoms. The first-order valence-corrected chi connectivity index (χ1v) is 7.40. The van der Waals surface area contributed by atoms with E-state index >= 15 is 0 Å². The number of nitrogens with one attached hydrogen (secondary N) is 1. The molecule has 128 valence electrons. The monoisotopic (exact) mass is 354 g/mol. The van der Waals surface area contributed by atoms with E-state index in [0.717, 1.165) is 32.6 Å². The van der Waals surface area contributed by atoms with Gasteiger partial charge in [0.25, 0.3) is 0 Å². The average Bonchev–Trinajstić information content (AvgIpc) is 2.43. The Morgan fingerprint density at radius 3 is 2.27 bits per heavy atom. The van der Waals surface area contributed by atoms with Crippen molar-refractivity contribution in [3.05, 3.63) is 34.9 Å². The van der Waals surface area contributed by atoms with Gasteiger partial charge >= 0.3 is 0 Å². The van der Waals surface area contributed by atoms with Crippen LogP contribution in [0.3, 0.4) is 0 Å². The molecular weight excluding hydrogens is 329 g/mol. The van der Waals surface area contributed by atoms with Crippen LogP contribution in [0.1, 0.15) is 37.4 Å². The van der Waals surface area contributed by atoms with Crippen molar-refractivity contribution in [2.45, 2.75) is 33.2 Å². The van der Waals surface area contributed by atoms with Gasteiger partial charge in [-0.15, -0.1) is 24.8 Å². The third-order valence-corrected chi connectivity index (χ3v) is 3.94. The van der Waals surface area contributed by atoms with Crippen molar-refractivity contribution in [3.63, 3.8) is 0 Å². The fourth-order valence-corrected chi connectivity index (χ4v) is 2.87. The van der Waals surface area contributed by atoms with Crippen molar-refractivity contribution in [2.24, 2.45) is 5.92 Å². The second kappa shape index (κ2) is 9.66. The normalized spacial score (nSPS) is 16.8. The van der Waals surface area contributed by atoms with E-state index < -0.39 is 5.82 Å². The number of hydrogen-bond acceptors (Lipinski definition) is 2. The molecule has 2 nitrogen and oxygen atoms in total. The summed E-state index contributed by atoms with van der Waals surface area (Å²) in [4.78, 5) is 2.21. The van der Waals surface area contributed by atoms with Crippen LogP contribution >= 0.6 is 24.8 Å². The highest BCUT2D eigenvalue weighted by atomic mass is 35.5.